The Morgan fingerprint density at radius 3 is 2.28 bits per heavy atom. The van der Waals surface area contributed by atoms with Crippen molar-refractivity contribution in [3.05, 3.63) is 0 Å². The zero-order chi connectivity index (χ0) is 14.1. The monoisotopic (exact) mass is 258 g/mol. The smallest absolute Gasteiger partial charge is 0.306 e. The van der Waals surface area contributed by atoms with Crippen LogP contribution in [0, 0.1) is 5.92 Å². The van der Waals surface area contributed by atoms with Crippen LogP contribution in [0.15, 0.2) is 0 Å². The highest BCUT2D eigenvalue weighted by molar-refractivity contribution is 5.76. The third-order valence-corrected chi connectivity index (χ3v) is 2.93. The zero-order valence-corrected chi connectivity index (χ0v) is 11.6. The SMILES string of the molecule is CC(N)CCC(=O)NC(C)CCCC(C)C(=O)O. The molecule has 3 atom stereocenters. The molecule has 0 aromatic heterocycles. The van der Waals surface area contributed by atoms with E-state index < -0.39 is 5.97 Å². The van der Waals surface area contributed by atoms with E-state index >= 15 is 0 Å². The molecule has 106 valence electrons. The molecule has 0 aliphatic heterocycles. The minimum Gasteiger partial charge on any atom is -0.481 e. The first-order chi connectivity index (χ1) is 8.32. The maximum absolute atomic E-state index is 11.5. The molecule has 0 saturated heterocycles. The highest BCUT2D eigenvalue weighted by Gasteiger charge is 2.12. The highest BCUT2D eigenvalue weighted by atomic mass is 16.4. The van der Waals surface area contributed by atoms with Crippen LogP contribution in [0.5, 0.6) is 0 Å². The molecule has 0 fully saturated rings. The maximum Gasteiger partial charge on any atom is 0.306 e. The second kappa shape index (κ2) is 8.91. The molecule has 0 radical (unpaired) electrons. The summed E-state index contributed by atoms with van der Waals surface area (Å²) in [5, 5.41) is 11.6. The van der Waals surface area contributed by atoms with E-state index in [1.807, 2.05) is 13.8 Å². The summed E-state index contributed by atoms with van der Waals surface area (Å²) in [6.45, 7) is 5.52. The lowest BCUT2D eigenvalue weighted by Crippen LogP contribution is -2.33. The third kappa shape index (κ3) is 8.98. The van der Waals surface area contributed by atoms with Crippen molar-refractivity contribution in [2.75, 3.05) is 0 Å². The van der Waals surface area contributed by atoms with Crippen molar-refractivity contribution in [2.45, 2.75) is 65.0 Å². The summed E-state index contributed by atoms with van der Waals surface area (Å²) in [5.41, 5.74) is 5.58. The van der Waals surface area contributed by atoms with Crippen LogP contribution in [-0.2, 0) is 9.59 Å². The van der Waals surface area contributed by atoms with Gasteiger partial charge in [0.05, 0.1) is 5.92 Å². The Labute approximate surface area is 109 Å². The Morgan fingerprint density at radius 1 is 1.17 bits per heavy atom. The molecule has 0 bridgehead atoms. The molecule has 5 heteroatoms. The lowest BCUT2D eigenvalue weighted by molar-refractivity contribution is -0.141. The van der Waals surface area contributed by atoms with Crippen LogP contribution in [0.3, 0.4) is 0 Å². The van der Waals surface area contributed by atoms with Crippen molar-refractivity contribution < 1.29 is 14.7 Å². The first-order valence-electron chi connectivity index (χ1n) is 6.60. The molecule has 18 heavy (non-hydrogen) atoms. The van der Waals surface area contributed by atoms with Crippen LogP contribution in [0.25, 0.3) is 0 Å². The summed E-state index contributed by atoms with van der Waals surface area (Å²) < 4.78 is 0. The standard InChI is InChI=1S/C13H26N2O3/c1-9(13(17)18)5-4-6-11(3)15-12(16)8-7-10(2)14/h9-11H,4-8,14H2,1-3H3,(H,15,16)(H,17,18). The van der Waals surface area contributed by atoms with E-state index in [1.165, 1.54) is 0 Å². The van der Waals surface area contributed by atoms with Gasteiger partial charge in [-0.3, -0.25) is 9.59 Å². The molecule has 1 amide bonds. The Balaban J connectivity index is 3.67. The fraction of sp³-hybridized carbons (Fsp3) is 0.846. The van der Waals surface area contributed by atoms with Gasteiger partial charge in [0, 0.05) is 18.5 Å². The molecule has 0 heterocycles. The second-order valence-electron chi connectivity index (χ2n) is 5.15. The Morgan fingerprint density at radius 2 is 1.78 bits per heavy atom. The Hall–Kier alpha value is -1.10. The number of nitrogens with two attached hydrogens (primary N) is 1. The van der Waals surface area contributed by atoms with Gasteiger partial charge in [-0.15, -0.1) is 0 Å². The van der Waals surface area contributed by atoms with Crippen molar-refractivity contribution in [1.82, 2.24) is 5.32 Å². The molecule has 0 aromatic carbocycles. The normalized spacial score (nSPS) is 15.8. The third-order valence-electron chi connectivity index (χ3n) is 2.93. The van der Waals surface area contributed by atoms with Gasteiger partial charge in [0.2, 0.25) is 5.91 Å². The van der Waals surface area contributed by atoms with Gasteiger partial charge in [0.25, 0.3) is 0 Å². The summed E-state index contributed by atoms with van der Waals surface area (Å²) in [4.78, 5) is 22.1. The average molecular weight is 258 g/mol. The molecule has 5 nitrogen and oxygen atoms in total. The molecule has 0 rings (SSSR count). The van der Waals surface area contributed by atoms with Crippen LogP contribution >= 0.6 is 0 Å². The lowest BCUT2D eigenvalue weighted by Gasteiger charge is -2.15. The summed E-state index contributed by atoms with van der Waals surface area (Å²) in [7, 11) is 0. The number of hydrogen-bond acceptors (Lipinski definition) is 3. The molecule has 0 aliphatic carbocycles. The minimum atomic E-state index is -0.761. The van der Waals surface area contributed by atoms with Gasteiger partial charge in [0.1, 0.15) is 0 Å². The minimum absolute atomic E-state index is 0.0195. The summed E-state index contributed by atoms with van der Waals surface area (Å²) >= 11 is 0. The highest BCUT2D eigenvalue weighted by Crippen LogP contribution is 2.09. The number of carbonyl (C=O) groups is 2. The van der Waals surface area contributed by atoms with E-state index in [2.05, 4.69) is 5.32 Å². The van der Waals surface area contributed by atoms with Gasteiger partial charge in [-0.1, -0.05) is 13.3 Å². The second-order valence-corrected chi connectivity index (χ2v) is 5.15. The molecule has 0 saturated carbocycles. The first-order valence-corrected chi connectivity index (χ1v) is 6.60. The van der Waals surface area contributed by atoms with Crippen molar-refractivity contribution in [3.63, 3.8) is 0 Å². The first kappa shape index (κ1) is 16.9. The number of aliphatic carboxylic acids is 1. The van der Waals surface area contributed by atoms with E-state index in [0.717, 1.165) is 12.8 Å². The molecule has 0 aliphatic rings. The van der Waals surface area contributed by atoms with Gasteiger partial charge in [0.15, 0.2) is 0 Å². The predicted octanol–water partition coefficient (Wildman–Crippen LogP) is 1.51. The molecular formula is C13H26N2O3. The van der Waals surface area contributed by atoms with E-state index in [9.17, 15) is 9.59 Å². The summed E-state index contributed by atoms with van der Waals surface area (Å²) in [5.74, 6) is -1.05. The quantitative estimate of drug-likeness (QED) is 0.584. The average Bonchev–Trinajstić information content (AvgIpc) is 2.25. The number of carboxylic acid groups (broad SMARTS) is 1. The topological polar surface area (TPSA) is 92.4 Å². The molecule has 3 unspecified atom stereocenters. The van der Waals surface area contributed by atoms with E-state index in [1.54, 1.807) is 6.92 Å². The number of hydrogen-bond donors (Lipinski definition) is 3. The number of carboxylic acids is 1. The molecular weight excluding hydrogens is 232 g/mol. The van der Waals surface area contributed by atoms with E-state index in [-0.39, 0.29) is 23.9 Å². The molecule has 0 spiro atoms. The lowest BCUT2D eigenvalue weighted by atomic mass is 10.0. The fourth-order valence-electron chi connectivity index (χ4n) is 1.63. The van der Waals surface area contributed by atoms with Crippen LogP contribution < -0.4 is 11.1 Å². The number of amides is 1. The molecule has 0 aromatic rings. The zero-order valence-electron chi connectivity index (χ0n) is 11.6. The van der Waals surface area contributed by atoms with Crippen LogP contribution in [0.2, 0.25) is 0 Å². The largest absolute Gasteiger partial charge is 0.481 e. The number of nitrogens with one attached hydrogen (secondary N) is 1. The number of carbonyl (C=O) groups excluding carboxylic acids is 1. The van der Waals surface area contributed by atoms with Crippen LogP contribution in [-0.4, -0.2) is 29.1 Å². The molecule has 4 N–H and O–H groups in total. The van der Waals surface area contributed by atoms with Crippen LogP contribution in [0.1, 0.15) is 52.9 Å². The van der Waals surface area contributed by atoms with Crippen LogP contribution in [0.4, 0.5) is 0 Å². The van der Waals surface area contributed by atoms with E-state index in [0.29, 0.717) is 19.3 Å². The van der Waals surface area contributed by atoms with Crippen molar-refractivity contribution in [1.29, 1.82) is 0 Å². The Kier molecular flexibility index (Phi) is 8.37. The number of rotatable bonds is 9. The van der Waals surface area contributed by atoms with Gasteiger partial charge >= 0.3 is 5.97 Å². The van der Waals surface area contributed by atoms with Gasteiger partial charge in [-0.2, -0.15) is 0 Å². The van der Waals surface area contributed by atoms with E-state index in [4.69, 9.17) is 10.8 Å². The van der Waals surface area contributed by atoms with Gasteiger partial charge < -0.3 is 16.2 Å². The Bertz CT molecular complexity index is 267. The van der Waals surface area contributed by atoms with Crippen molar-refractivity contribution in [2.24, 2.45) is 11.7 Å². The van der Waals surface area contributed by atoms with Crippen molar-refractivity contribution in [3.8, 4) is 0 Å². The van der Waals surface area contributed by atoms with Gasteiger partial charge in [-0.05, 0) is 33.1 Å². The summed E-state index contributed by atoms with van der Waals surface area (Å²) in [6.07, 6.45) is 3.40. The fourth-order valence-corrected chi connectivity index (χ4v) is 1.63. The maximum atomic E-state index is 11.5. The predicted molar refractivity (Wildman–Crippen MR) is 71.1 cm³/mol. The van der Waals surface area contributed by atoms with Gasteiger partial charge in [-0.25, -0.2) is 0 Å². The summed E-state index contributed by atoms with van der Waals surface area (Å²) in [6, 6.07) is 0.133. The van der Waals surface area contributed by atoms with Crippen molar-refractivity contribution >= 4 is 11.9 Å².